The predicted octanol–water partition coefficient (Wildman–Crippen LogP) is 2.48. The molecule has 1 aliphatic rings. The molecule has 10 heteroatoms. The van der Waals surface area contributed by atoms with Crippen molar-refractivity contribution in [3.63, 3.8) is 0 Å². The molecular formula is C16H22Cl2F3N3O2. The zero-order chi connectivity index (χ0) is 18.4. The van der Waals surface area contributed by atoms with Crippen molar-refractivity contribution in [2.24, 2.45) is 0 Å². The minimum Gasteiger partial charge on any atom is -0.481 e. The zero-order valence-corrected chi connectivity index (χ0v) is 15.8. The van der Waals surface area contributed by atoms with Gasteiger partial charge < -0.3 is 15.4 Å². The van der Waals surface area contributed by atoms with E-state index in [2.05, 4.69) is 10.6 Å². The lowest BCUT2D eigenvalue weighted by molar-refractivity contribution is -0.184. The third kappa shape index (κ3) is 6.83. The van der Waals surface area contributed by atoms with Crippen LogP contribution in [0.4, 0.5) is 13.2 Å². The number of hydrogen-bond donors (Lipinski definition) is 2. The van der Waals surface area contributed by atoms with Crippen LogP contribution in [0, 0.1) is 0 Å². The van der Waals surface area contributed by atoms with Crippen molar-refractivity contribution < 1.29 is 22.7 Å². The van der Waals surface area contributed by atoms with Gasteiger partial charge >= 0.3 is 6.18 Å². The second kappa shape index (κ2) is 10.2. The second-order valence-electron chi connectivity index (χ2n) is 5.81. The van der Waals surface area contributed by atoms with E-state index in [9.17, 15) is 18.0 Å². The molecule has 26 heavy (non-hydrogen) atoms. The van der Waals surface area contributed by atoms with Crippen LogP contribution in [0.2, 0.25) is 5.02 Å². The highest BCUT2D eigenvalue weighted by Gasteiger charge is 2.44. The largest absolute Gasteiger partial charge is 0.481 e. The first-order valence-electron chi connectivity index (χ1n) is 7.99. The first-order valence-corrected chi connectivity index (χ1v) is 8.36. The SMILES string of the molecule is CC(Oc1cccc(Cl)c1)C(=O)NCC(N1CCNCC1)C(F)(F)F.Cl. The fraction of sp³-hybridized carbons (Fsp3) is 0.562. The van der Waals surface area contributed by atoms with E-state index in [4.69, 9.17) is 16.3 Å². The average molecular weight is 416 g/mol. The number of nitrogens with zero attached hydrogens (tertiary/aromatic N) is 1. The summed E-state index contributed by atoms with van der Waals surface area (Å²) in [6.07, 6.45) is -5.35. The van der Waals surface area contributed by atoms with Crippen molar-refractivity contribution in [3.8, 4) is 5.75 Å². The number of ether oxygens (including phenoxy) is 1. The summed E-state index contributed by atoms with van der Waals surface area (Å²) in [6.45, 7) is 2.53. The van der Waals surface area contributed by atoms with E-state index < -0.39 is 30.8 Å². The Labute approximate surface area is 161 Å². The van der Waals surface area contributed by atoms with Gasteiger partial charge in [0.25, 0.3) is 5.91 Å². The van der Waals surface area contributed by atoms with Gasteiger partial charge in [-0.2, -0.15) is 13.2 Å². The van der Waals surface area contributed by atoms with Gasteiger partial charge in [-0.1, -0.05) is 17.7 Å². The van der Waals surface area contributed by atoms with E-state index in [1.807, 2.05) is 0 Å². The van der Waals surface area contributed by atoms with Crippen LogP contribution in [0.1, 0.15) is 6.92 Å². The molecule has 1 aromatic carbocycles. The van der Waals surface area contributed by atoms with Gasteiger partial charge in [-0.15, -0.1) is 12.4 Å². The van der Waals surface area contributed by atoms with E-state index in [1.165, 1.54) is 17.9 Å². The van der Waals surface area contributed by atoms with E-state index in [-0.39, 0.29) is 25.5 Å². The molecule has 0 aliphatic carbocycles. The van der Waals surface area contributed by atoms with Crippen LogP contribution in [-0.2, 0) is 4.79 Å². The Kier molecular flexibility index (Phi) is 8.95. The maximum absolute atomic E-state index is 13.3. The normalized spacial score (nSPS) is 17.7. The molecule has 2 unspecified atom stereocenters. The summed E-state index contributed by atoms with van der Waals surface area (Å²) in [5.74, 6) is -0.228. The monoisotopic (exact) mass is 415 g/mol. The number of rotatable bonds is 6. The Balaban J connectivity index is 0.00000338. The van der Waals surface area contributed by atoms with Crippen molar-refractivity contribution in [1.82, 2.24) is 15.5 Å². The topological polar surface area (TPSA) is 53.6 Å². The van der Waals surface area contributed by atoms with Crippen molar-refractivity contribution in [1.29, 1.82) is 0 Å². The fourth-order valence-corrected chi connectivity index (χ4v) is 2.76. The Bertz CT molecular complexity index is 584. The van der Waals surface area contributed by atoms with Crippen molar-refractivity contribution in [2.45, 2.75) is 25.2 Å². The number of hydrogen-bond acceptors (Lipinski definition) is 4. The number of carbonyl (C=O) groups is 1. The van der Waals surface area contributed by atoms with Crippen molar-refractivity contribution in [3.05, 3.63) is 29.3 Å². The highest BCUT2D eigenvalue weighted by atomic mass is 35.5. The van der Waals surface area contributed by atoms with Gasteiger partial charge in [0.1, 0.15) is 11.8 Å². The average Bonchev–Trinajstić information content (AvgIpc) is 2.54. The molecule has 0 spiro atoms. The number of nitrogens with one attached hydrogen (secondary N) is 2. The molecule has 2 N–H and O–H groups in total. The number of benzene rings is 1. The van der Waals surface area contributed by atoms with Gasteiger partial charge in [0, 0.05) is 37.7 Å². The highest BCUT2D eigenvalue weighted by molar-refractivity contribution is 6.30. The Morgan fingerprint density at radius 2 is 2.04 bits per heavy atom. The summed E-state index contributed by atoms with van der Waals surface area (Å²) >= 11 is 5.83. The molecule has 0 aromatic heterocycles. The number of alkyl halides is 3. The summed E-state index contributed by atoms with van der Waals surface area (Å²) in [6, 6.07) is 4.75. The number of amides is 1. The van der Waals surface area contributed by atoms with Crippen LogP contribution in [-0.4, -0.2) is 61.9 Å². The van der Waals surface area contributed by atoms with Gasteiger partial charge in [0.05, 0.1) is 0 Å². The van der Waals surface area contributed by atoms with Crippen molar-refractivity contribution >= 4 is 29.9 Å². The Morgan fingerprint density at radius 3 is 2.62 bits per heavy atom. The van der Waals surface area contributed by atoms with Gasteiger partial charge in [-0.3, -0.25) is 9.69 Å². The first-order chi connectivity index (χ1) is 11.8. The molecule has 1 saturated heterocycles. The highest BCUT2D eigenvalue weighted by Crippen LogP contribution is 2.25. The molecule has 2 rings (SSSR count). The summed E-state index contributed by atoms with van der Waals surface area (Å²) in [5.41, 5.74) is 0. The van der Waals surface area contributed by atoms with Crippen LogP contribution < -0.4 is 15.4 Å². The van der Waals surface area contributed by atoms with Crippen molar-refractivity contribution in [2.75, 3.05) is 32.7 Å². The number of piperazine rings is 1. The van der Waals surface area contributed by atoms with Crippen LogP contribution in [0.25, 0.3) is 0 Å². The fourth-order valence-electron chi connectivity index (χ4n) is 2.58. The maximum atomic E-state index is 13.3. The third-order valence-corrected chi connectivity index (χ3v) is 4.15. The number of halogens is 5. The standard InChI is InChI=1S/C16H21ClF3N3O2.ClH/c1-11(25-13-4-2-3-12(17)9-13)15(24)22-10-14(16(18,19)20)23-7-5-21-6-8-23;/h2-4,9,11,14,21H,5-8,10H2,1H3,(H,22,24);1H. The number of carbonyl (C=O) groups excluding carboxylic acids is 1. The van der Waals surface area contributed by atoms with E-state index in [0.717, 1.165) is 0 Å². The molecular weight excluding hydrogens is 394 g/mol. The van der Waals surface area contributed by atoms with Crippen LogP contribution in [0.15, 0.2) is 24.3 Å². The van der Waals surface area contributed by atoms with Gasteiger partial charge in [-0.25, -0.2) is 0 Å². The quantitative estimate of drug-likeness (QED) is 0.749. The van der Waals surface area contributed by atoms with Crippen LogP contribution in [0.5, 0.6) is 5.75 Å². The van der Waals surface area contributed by atoms with Crippen LogP contribution >= 0.6 is 24.0 Å². The lowest BCUT2D eigenvalue weighted by atomic mass is 10.2. The Morgan fingerprint density at radius 1 is 1.38 bits per heavy atom. The van der Waals surface area contributed by atoms with Gasteiger partial charge in [0.2, 0.25) is 0 Å². The first kappa shape index (κ1) is 22.8. The minimum absolute atomic E-state index is 0. The summed E-state index contributed by atoms with van der Waals surface area (Å²) in [4.78, 5) is 13.4. The molecule has 0 radical (unpaired) electrons. The Hall–Kier alpha value is -1.22. The smallest absolute Gasteiger partial charge is 0.405 e. The molecule has 1 aromatic rings. The van der Waals surface area contributed by atoms with Gasteiger partial charge in [0.15, 0.2) is 6.10 Å². The van der Waals surface area contributed by atoms with E-state index in [1.54, 1.807) is 18.2 Å². The zero-order valence-electron chi connectivity index (χ0n) is 14.2. The molecule has 148 valence electrons. The summed E-state index contributed by atoms with van der Waals surface area (Å²) < 4.78 is 45.3. The molecule has 5 nitrogen and oxygen atoms in total. The van der Waals surface area contributed by atoms with E-state index >= 15 is 0 Å². The molecule has 1 aliphatic heterocycles. The summed E-state index contributed by atoms with van der Waals surface area (Å²) in [5, 5.41) is 5.80. The second-order valence-corrected chi connectivity index (χ2v) is 6.24. The molecule has 2 atom stereocenters. The summed E-state index contributed by atoms with van der Waals surface area (Å²) in [7, 11) is 0. The van der Waals surface area contributed by atoms with E-state index in [0.29, 0.717) is 23.9 Å². The van der Waals surface area contributed by atoms with Crippen LogP contribution in [0.3, 0.4) is 0 Å². The van der Waals surface area contributed by atoms with Gasteiger partial charge in [-0.05, 0) is 25.1 Å². The third-order valence-electron chi connectivity index (χ3n) is 3.92. The molecule has 1 amide bonds. The molecule has 0 bridgehead atoms. The minimum atomic E-state index is -4.42. The molecule has 1 fully saturated rings. The maximum Gasteiger partial charge on any atom is 0.405 e. The lowest BCUT2D eigenvalue weighted by Gasteiger charge is -2.36. The lowest BCUT2D eigenvalue weighted by Crippen LogP contribution is -2.58. The predicted molar refractivity (Wildman–Crippen MR) is 96.1 cm³/mol. The molecule has 0 saturated carbocycles. The molecule has 1 heterocycles.